The van der Waals surface area contributed by atoms with E-state index in [0.29, 0.717) is 60.2 Å². The standard InChI is InChI=1S/C38H32ClN3O5S/c1-4-8-29-34(37(44)46-5-2)35(33-28-10-7-6-9-25(28)15-17-31(33)45-3)42-36(43)32(48-38(42)41-29)20-26-19-27(39)16-18-30(26)47-22-24-13-11-23(21-40)12-14-24/h6-7,9-20,35H,4-5,8,22H2,1-3H3/b32-20+/t35-/m1/s1. The zero-order valence-electron chi connectivity index (χ0n) is 26.7. The summed E-state index contributed by atoms with van der Waals surface area (Å²) in [6, 6.07) is 25.3. The molecule has 10 heteroatoms. The van der Waals surface area contributed by atoms with Gasteiger partial charge in [0, 0.05) is 16.1 Å². The van der Waals surface area contributed by atoms with Gasteiger partial charge in [0.25, 0.3) is 5.56 Å². The van der Waals surface area contributed by atoms with Gasteiger partial charge in [0.05, 0.1) is 41.2 Å². The SMILES string of the molecule is CCCC1=C(C(=O)OCC)[C@@H](c2c(OC)ccc3ccccc23)n2c(s/c(=C/c3cc(Cl)ccc3OCc3ccc(C#N)cc3)c2=O)=N1. The van der Waals surface area contributed by atoms with Gasteiger partial charge < -0.3 is 14.2 Å². The van der Waals surface area contributed by atoms with Gasteiger partial charge in [-0.1, -0.05) is 78.7 Å². The average molecular weight is 678 g/mol. The summed E-state index contributed by atoms with van der Waals surface area (Å²) >= 11 is 7.66. The van der Waals surface area contributed by atoms with Crippen LogP contribution in [0.5, 0.6) is 11.5 Å². The molecule has 0 aliphatic carbocycles. The number of carbonyl (C=O) groups is 1. The van der Waals surface area contributed by atoms with E-state index in [4.69, 9.17) is 36.1 Å². The minimum absolute atomic E-state index is 0.172. The van der Waals surface area contributed by atoms with Crippen LogP contribution in [0.4, 0.5) is 0 Å². The number of fused-ring (bicyclic) bond motifs is 2. The number of esters is 1. The summed E-state index contributed by atoms with van der Waals surface area (Å²) in [5, 5.41) is 11.4. The van der Waals surface area contributed by atoms with Gasteiger partial charge in [0.15, 0.2) is 4.80 Å². The summed E-state index contributed by atoms with van der Waals surface area (Å²) in [6.07, 6.45) is 3.00. The van der Waals surface area contributed by atoms with Crippen LogP contribution in [0.15, 0.2) is 99.9 Å². The van der Waals surface area contributed by atoms with Crippen molar-refractivity contribution in [2.24, 2.45) is 4.99 Å². The molecule has 4 aromatic carbocycles. The molecule has 0 saturated carbocycles. The number of halogens is 1. The molecule has 0 fully saturated rings. The Morgan fingerprint density at radius 2 is 1.83 bits per heavy atom. The Bertz CT molecular complexity index is 2280. The Labute approximate surface area is 286 Å². The molecule has 1 atom stereocenters. The lowest BCUT2D eigenvalue weighted by Gasteiger charge is -2.28. The molecule has 1 aromatic heterocycles. The van der Waals surface area contributed by atoms with Crippen molar-refractivity contribution in [2.45, 2.75) is 39.3 Å². The molecule has 6 rings (SSSR count). The smallest absolute Gasteiger partial charge is 0.338 e. The molecular weight excluding hydrogens is 646 g/mol. The van der Waals surface area contributed by atoms with Gasteiger partial charge >= 0.3 is 5.97 Å². The molecule has 0 radical (unpaired) electrons. The van der Waals surface area contributed by atoms with E-state index in [1.165, 1.54) is 11.3 Å². The Morgan fingerprint density at radius 1 is 1.06 bits per heavy atom. The molecule has 0 N–H and O–H groups in total. The summed E-state index contributed by atoms with van der Waals surface area (Å²) in [6.45, 7) is 4.20. The molecule has 48 heavy (non-hydrogen) atoms. The van der Waals surface area contributed by atoms with Crippen molar-refractivity contribution in [2.75, 3.05) is 13.7 Å². The zero-order chi connectivity index (χ0) is 33.8. The topological polar surface area (TPSA) is 103 Å². The Hall–Kier alpha value is -5.17. The van der Waals surface area contributed by atoms with E-state index in [1.807, 2.05) is 55.5 Å². The Balaban J connectivity index is 1.55. The highest BCUT2D eigenvalue weighted by molar-refractivity contribution is 7.07. The quantitative estimate of drug-likeness (QED) is 0.150. The van der Waals surface area contributed by atoms with Crippen LogP contribution in [0, 0.1) is 11.3 Å². The van der Waals surface area contributed by atoms with Gasteiger partial charge in [-0.25, -0.2) is 9.79 Å². The van der Waals surface area contributed by atoms with Crippen LogP contribution in [-0.4, -0.2) is 24.3 Å². The molecule has 0 bridgehead atoms. The van der Waals surface area contributed by atoms with Crippen LogP contribution in [-0.2, 0) is 16.1 Å². The molecule has 0 saturated heterocycles. The zero-order valence-corrected chi connectivity index (χ0v) is 28.2. The fraction of sp³-hybridized carbons (Fsp3) is 0.211. The van der Waals surface area contributed by atoms with E-state index in [9.17, 15) is 9.59 Å². The van der Waals surface area contributed by atoms with Gasteiger partial charge in [0.2, 0.25) is 0 Å². The number of thiazole rings is 1. The summed E-state index contributed by atoms with van der Waals surface area (Å²) in [5.41, 5.74) is 3.32. The molecule has 0 unspecified atom stereocenters. The fourth-order valence-corrected chi connectivity index (χ4v) is 7.06. The highest BCUT2D eigenvalue weighted by Gasteiger charge is 2.37. The van der Waals surface area contributed by atoms with Crippen molar-refractivity contribution in [1.82, 2.24) is 4.57 Å². The van der Waals surface area contributed by atoms with Crippen molar-refractivity contribution < 1.29 is 19.0 Å². The summed E-state index contributed by atoms with van der Waals surface area (Å²) in [5.74, 6) is 0.550. The molecule has 0 amide bonds. The number of aromatic nitrogens is 1. The maximum Gasteiger partial charge on any atom is 0.338 e. The minimum atomic E-state index is -0.850. The van der Waals surface area contributed by atoms with Crippen LogP contribution in [0.3, 0.4) is 0 Å². The number of benzene rings is 4. The summed E-state index contributed by atoms with van der Waals surface area (Å²) in [7, 11) is 1.58. The molecule has 0 spiro atoms. The van der Waals surface area contributed by atoms with Crippen molar-refractivity contribution in [3.63, 3.8) is 0 Å². The molecular formula is C38H32ClN3O5S. The number of hydrogen-bond acceptors (Lipinski definition) is 8. The maximum absolute atomic E-state index is 14.5. The lowest BCUT2D eigenvalue weighted by Crippen LogP contribution is -2.40. The molecule has 1 aliphatic heterocycles. The van der Waals surface area contributed by atoms with E-state index in [1.54, 1.807) is 55.0 Å². The first-order valence-electron chi connectivity index (χ1n) is 15.6. The molecule has 242 valence electrons. The summed E-state index contributed by atoms with van der Waals surface area (Å²) < 4.78 is 19.6. The summed E-state index contributed by atoms with van der Waals surface area (Å²) in [4.78, 5) is 33.7. The largest absolute Gasteiger partial charge is 0.496 e. The molecule has 5 aromatic rings. The van der Waals surface area contributed by atoms with Crippen molar-refractivity contribution in [3.8, 4) is 17.6 Å². The fourth-order valence-electron chi connectivity index (χ4n) is 5.87. The molecule has 8 nitrogen and oxygen atoms in total. The van der Waals surface area contributed by atoms with Crippen LogP contribution >= 0.6 is 22.9 Å². The van der Waals surface area contributed by atoms with Crippen molar-refractivity contribution in [3.05, 3.63) is 137 Å². The first kappa shape index (κ1) is 32.8. The number of hydrogen-bond donors (Lipinski definition) is 0. The highest BCUT2D eigenvalue weighted by Crippen LogP contribution is 2.41. The highest BCUT2D eigenvalue weighted by atomic mass is 35.5. The van der Waals surface area contributed by atoms with Crippen molar-refractivity contribution in [1.29, 1.82) is 5.26 Å². The third kappa shape index (κ3) is 6.37. The van der Waals surface area contributed by atoms with Gasteiger partial charge in [-0.15, -0.1) is 0 Å². The maximum atomic E-state index is 14.5. The van der Waals surface area contributed by atoms with Crippen LogP contribution in [0.2, 0.25) is 5.02 Å². The second kappa shape index (κ2) is 14.3. The second-order valence-corrected chi connectivity index (χ2v) is 12.5. The average Bonchev–Trinajstić information content (AvgIpc) is 3.41. The normalized spacial score (nSPS) is 14.3. The second-order valence-electron chi connectivity index (χ2n) is 11.1. The van der Waals surface area contributed by atoms with E-state index < -0.39 is 12.0 Å². The van der Waals surface area contributed by atoms with Crippen LogP contribution < -0.4 is 24.4 Å². The number of allylic oxidation sites excluding steroid dienone is 1. The van der Waals surface area contributed by atoms with Gasteiger partial charge in [-0.2, -0.15) is 5.26 Å². The van der Waals surface area contributed by atoms with E-state index in [-0.39, 0.29) is 18.8 Å². The minimum Gasteiger partial charge on any atom is -0.496 e. The number of nitrogens with zero attached hydrogens (tertiary/aromatic N) is 3. The lowest BCUT2D eigenvalue weighted by atomic mass is 9.90. The monoisotopic (exact) mass is 677 g/mol. The number of rotatable bonds is 10. The third-order valence-corrected chi connectivity index (χ3v) is 9.27. The van der Waals surface area contributed by atoms with E-state index >= 15 is 0 Å². The Kier molecular flexibility index (Phi) is 9.76. The third-order valence-electron chi connectivity index (χ3n) is 8.05. The van der Waals surface area contributed by atoms with Gasteiger partial charge in [-0.3, -0.25) is 9.36 Å². The van der Waals surface area contributed by atoms with Crippen LogP contribution in [0.1, 0.15) is 55.0 Å². The van der Waals surface area contributed by atoms with E-state index in [0.717, 1.165) is 22.8 Å². The number of methoxy groups -OCH3 is 1. The van der Waals surface area contributed by atoms with Gasteiger partial charge in [0.1, 0.15) is 24.1 Å². The first-order valence-corrected chi connectivity index (χ1v) is 16.7. The number of carbonyl (C=O) groups excluding carboxylic acids is 1. The Morgan fingerprint density at radius 3 is 2.56 bits per heavy atom. The first-order chi connectivity index (χ1) is 23.4. The molecule has 1 aliphatic rings. The molecule has 2 heterocycles. The predicted molar refractivity (Wildman–Crippen MR) is 187 cm³/mol. The number of nitriles is 1. The van der Waals surface area contributed by atoms with Crippen molar-refractivity contribution >= 4 is 45.8 Å². The van der Waals surface area contributed by atoms with Gasteiger partial charge in [-0.05, 0) is 72.2 Å². The van der Waals surface area contributed by atoms with Crippen LogP contribution in [0.25, 0.3) is 16.8 Å². The lowest BCUT2D eigenvalue weighted by molar-refractivity contribution is -0.139. The predicted octanol–water partition coefficient (Wildman–Crippen LogP) is 6.84. The number of ether oxygens (including phenoxy) is 3. The van der Waals surface area contributed by atoms with E-state index in [2.05, 4.69) is 6.07 Å².